The number of ether oxygens (including phenoxy) is 2. The lowest BCUT2D eigenvalue weighted by Gasteiger charge is -2.25. The molecule has 0 saturated carbocycles. The van der Waals surface area contributed by atoms with Gasteiger partial charge in [-0.3, -0.25) is 0 Å². The number of benzene rings is 1. The lowest BCUT2D eigenvalue weighted by molar-refractivity contribution is 0.174. The van der Waals surface area contributed by atoms with Crippen molar-refractivity contribution in [2.24, 2.45) is 0 Å². The van der Waals surface area contributed by atoms with Gasteiger partial charge >= 0.3 is 5.69 Å². The molecule has 1 fully saturated rings. The predicted molar refractivity (Wildman–Crippen MR) is 98.1 cm³/mol. The summed E-state index contributed by atoms with van der Waals surface area (Å²) in [7, 11) is 0. The van der Waals surface area contributed by atoms with Crippen molar-refractivity contribution in [1.29, 1.82) is 0 Å². The molecule has 1 saturated heterocycles. The highest BCUT2D eigenvalue weighted by Crippen LogP contribution is 2.36. The molecule has 0 aliphatic carbocycles. The first-order valence-electron chi connectivity index (χ1n) is 9.25. The lowest BCUT2D eigenvalue weighted by Crippen LogP contribution is -2.34. The summed E-state index contributed by atoms with van der Waals surface area (Å²) in [4.78, 5) is 15.5. The van der Waals surface area contributed by atoms with Gasteiger partial charge in [0.05, 0.1) is 12.1 Å². The summed E-state index contributed by atoms with van der Waals surface area (Å²) in [5.74, 6) is 1.40. The molecule has 7 nitrogen and oxygen atoms in total. The second-order valence-electron chi connectivity index (χ2n) is 7.16. The van der Waals surface area contributed by atoms with Crippen LogP contribution in [0, 0.1) is 6.92 Å². The van der Waals surface area contributed by atoms with E-state index in [1.54, 1.807) is 9.08 Å². The Kier molecular flexibility index (Phi) is 3.63. The molecule has 7 heteroatoms. The highest BCUT2D eigenvalue weighted by Gasteiger charge is 2.19. The molecule has 0 unspecified atom stereocenters. The molecule has 2 aromatic heterocycles. The second kappa shape index (κ2) is 6.02. The maximum absolute atomic E-state index is 13.0. The highest BCUT2D eigenvalue weighted by atomic mass is 16.7. The number of fused-ring (bicyclic) bond motifs is 4. The van der Waals surface area contributed by atoms with Gasteiger partial charge in [0.1, 0.15) is 0 Å². The monoisotopic (exact) mass is 354 g/mol. The quantitative estimate of drug-likeness (QED) is 0.721. The van der Waals surface area contributed by atoms with Crippen molar-refractivity contribution in [3.05, 3.63) is 34.2 Å². The van der Waals surface area contributed by atoms with Crippen LogP contribution >= 0.6 is 0 Å². The summed E-state index contributed by atoms with van der Waals surface area (Å²) >= 11 is 0. The molecule has 2 aliphatic rings. The Morgan fingerprint density at radius 3 is 2.62 bits per heavy atom. The third kappa shape index (κ3) is 2.46. The second-order valence-corrected chi connectivity index (χ2v) is 7.16. The van der Waals surface area contributed by atoms with Crippen LogP contribution in [-0.2, 0) is 6.54 Å². The summed E-state index contributed by atoms with van der Waals surface area (Å²) < 4.78 is 14.2. The third-order valence-corrected chi connectivity index (χ3v) is 5.40. The first-order valence-corrected chi connectivity index (χ1v) is 9.25. The minimum atomic E-state index is -0.0930. The van der Waals surface area contributed by atoms with E-state index in [4.69, 9.17) is 9.47 Å². The van der Waals surface area contributed by atoms with E-state index in [1.165, 1.54) is 19.3 Å². The minimum absolute atomic E-state index is 0.0930. The zero-order valence-corrected chi connectivity index (χ0v) is 14.9. The van der Waals surface area contributed by atoms with Crippen molar-refractivity contribution >= 4 is 16.6 Å². The Labute approximate surface area is 150 Å². The summed E-state index contributed by atoms with van der Waals surface area (Å²) in [6.45, 7) is 5.93. The van der Waals surface area contributed by atoms with Crippen LogP contribution in [0.4, 0.5) is 0 Å². The molecule has 5 rings (SSSR count). The Bertz CT molecular complexity index is 1050. The number of hydrogen-bond acceptors (Lipinski definition) is 5. The maximum Gasteiger partial charge on any atom is 0.350 e. The van der Waals surface area contributed by atoms with Crippen molar-refractivity contribution in [1.82, 2.24) is 19.1 Å². The molecule has 0 bridgehead atoms. The van der Waals surface area contributed by atoms with E-state index in [0.717, 1.165) is 41.9 Å². The fraction of sp³-hybridized carbons (Fsp3) is 0.474. The Morgan fingerprint density at radius 2 is 1.81 bits per heavy atom. The van der Waals surface area contributed by atoms with Gasteiger partial charge in [0.15, 0.2) is 17.1 Å². The van der Waals surface area contributed by atoms with Crippen molar-refractivity contribution in [2.75, 3.05) is 26.4 Å². The van der Waals surface area contributed by atoms with Crippen LogP contribution in [0.15, 0.2) is 23.0 Å². The number of hydrogen-bond donors (Lipinski definition) is 0. The molecule has 0 spiro atoms. The third-order valence-electron chi connectivity index (χ3n) is 5.40. The van der Waals surface area contributed by atoms with Gasteiger partial charge in [-0.2, -0.15) is 0 Å². The normalized spacial score (nSPS) is 17.4. The number of pyridine rings is 1. The molecule has 0 radical (unpaired) electrons. The molecule has 26 heavy (non-hydrogen) atoms. The van der Waals surface area contributed by atoms with Crippen molar-refractivity contribution in [2.45, 2.75) is 32.7 Å². The molecule has 136 valence electrons. The van der Waals surface area contributed by atoms with Gasteiger partial charge in [0, 0.05) is 18.0 Å². The topological polar surface area (TPSA) is 61.0 Å². The van der Waals surface area contributed by atoms with E-state index in [9.17, 15) is 4.79 Å². The number of piperidine rings is 1. The van der Waals surface area contributed by atoms with Crippen molar-refractivity contribution in [3.63, 3.8) is 0 Å². The van der Waals surface area contributed by atoms with E-state index in [1.807, 2.05) is 25.1 Å². The predicted octanol–water partition coefficient (Wildman–Crippen LogP) is 2.17. The molecular formula is C19H22N4O3. The number of nitrogens with zero attached hydrogens (tertiary/aromatic N) is 4. The van der Waals surface area contributed by atoms with Crippen molar-refractivity contribution < 1.29 is 9.47 Å². The number of aryl methyl sites for hydroxylation is 1. The van der Waals surface area contributed by atoms with Crippen LogP contribution in [0.25, 0.3) is 16.6 Å². The Hall–Kier alpha value is -2.54. The van der Waals surface area contributed by atoms with Gasteiger partial charge in [-0.05, 0) is 50.6 Å². The van der Waals surface area contributed by atoms with E-state index >= 15 is 0 Å². The van der Waals surface area contributed by atoms with Gasteiger partial charge in [-0.1, -0.05) is 6.42 Å². The SMILES string of the molecule is Cc1cc2cc3c(cc2n2c(=O)n(CCN4CCCCC4)nc12)OCO3. The van der Waals surface area contributed by atoms with Gasteiger partial charge < -0.3 is 14.4 Å². The average Bonchev–Trinajstić information content (AvgIpc) is 3.24. The molecule has 0 atom stereocenters. The number of rotatable bonds is 3. The van der Waals surface area contributed by atoms with Crippen molar-refractivity contribution in [3.8, 4) is 11.5 Å². The van der Waals surface area contributed by atoms with Gasteiger partial charge in [-0.25, -0.2) is 13.9 Å². The molecule has 0 N–H and O–H groups in total. The minimum Gasteiger partial charge on any atom is -0.454 e. The molecule has 1 aromatic carbocycles. The molecule has 0 amide bonds. The maximum atomic E-state index is 13.0. The molecule has 2 aliphatic heterocycles. The van der Waals surface area contributed by atoms with Crippen LogP contribution in [0.1, 0.15) is 24.8 Å². The zero-order valence-electron chi connectivity index (χ0n) is 14.9. The Morgan fingerprint density at radius 1 is 1.04 bits per heavy atom. The smallest absolute Gasteiger partial charge is 0.350 e. The van der Waals surface area contributed by atoms with E-state index in [0.29, 0.717) is 17.9 Å². The first-order chi connectivity index (χ1) is 12.7. The highest BCUT2D eigenvalue weighted by molar-refractivity contribution is 5.86. The first kappa shape index (κ1) is 15.7. The number of likely N-dealkylation sites (tertiary alicyclic amines) is 1. The summed E-state index contributed by atoms with van der Waals surface area (Å²) in [5.41, 5.74) is 2.40. The van der Waals surface area contributed by atoms with Gasteiger partial charge in [0.25, 0.3) is 0 Å². The molecule has 4 heterocycles. The lowest BCUT2D eigenvalue weighted by atomic mass is 10.1. The van der Waals surface area contributed by atoms with Crippen LogP contribution < -0.4 is 15.2 Å². The summed E-state index contributed by atoms with van der Waals surface area (Å²) in [6.07, 6.45) is 3.81. The standard InChI is InChI=1S/C19H22N4O3/c1-13-9-14-10-16-17(26-12-25-16)11-15(14)23-18(13)20-22(19(23)24)8-7-21-5-3-2-4-6-21/h9-11H,2-8,12H2,1H3. The van der Waals surface area contributed by atoms with Crippen LogP contribution in [0.5, 0.6) is 11.5 Å². The fourth-order valence-corrected chi connectivity index (χ4v) is 4.00. The number of aromatic nitrogens is 3. The average molecular weight is 354 g/mol. The van der Waals surface area contributed by atoms with E-state index in [-0.39, 0.29) is 12.5 Å². The summed E-state index contributed by atoms with van der Waals surface area (Å²) in [5, 5.41) is 5.56. The van der Waals surface area contributed by atoms with E-state index in [2.05, 4.69) is 10.00 Å². The molecule has 3 aromatic rings. The molecular weight excluding hydrogens is 332 g/mol. The Balaban J connectivity index is 1.58. The largest absolute Gasteiger partial charge is 0.454 e. The van der Waals surface area contributed by atoms with Gasteiger partial charge in [0.2, 0.25) is 6.79 Å². The fourth-order valence-electron chi connectivity index (χ4n) is 4.00. The zero-order chi connectivity index (χ0) is 17.7. The van der Waals surface area contributed by atoms with Crippen LogP contribution in [-0.4, -0.2) is 45.5 Å². The van der Waals surface area contributed by atoms with Gasteiger partial charge in [-0.15, -0.1) is 5.10 Å². The summed E-state index contributed by atoms with van der Waals surface area (Å²) in [6, 6.07) is 5.86. The van der Waals surface area contributed by atoms with E-state index < -0.39 is 0 Å². The van der Waals surface area contributed by atoms with Crippen LogP contribution in [0.2, 0.25) is 0 Å². The van der Waals surface area contributed by atoms with Crippen LogP contribution in [0.3, 0.4) is 0 Å².